The lowest BCUT2D eigenvalue weighted by Crippen LogP contribution is -2.53. The molecule has 0 radical (unpaired) electrons. The van der Waals surface area contributed by atoms with Crippen LogP contribution in [0.15, 0.2) is 53.0 Å². The molecule has 1 aromatic carbocycles. The highest BCUT2D eigenvalue weighted by atomic mass is 32.1. The molecule has 8 heteroatoms. The molecule has 0 aliphatic carbocycles. The van der Waals surface area contributed by atoms with Gasteiger partial charge in [-0.05, 0) is 55.1 Å². The molecule has 2 atom stereocenters. The topological polar surface area (TPSA) is 53.7 Å². The van der Waals surface area contributed by atoms with Crippen molar-refractivity contribution >= 4 is 34.5 Å². The van der Waals surface area contributed by atoms with E-state index in [2.05, 4.69) is 28.4 Å². The van der Waals surface area contributed by atoms with Gasteiger partial charge in [-0.25, -0.2) is 14.1 Å². The lowest BCUT2D eigenvalue weighted by atomic mass is 9.89. The summed E-state index contributed by atoms with van der Waals surface area (Å²) < 4.78 is 15.1. The normalized spacial score (nSPS) is 21.1. The van der Waals surface area contributed by atoms with Gasteiger partial charge in [0, 0.05) is 48.5 Å². The second-order valence-corrected chi connectivity index (χ2v) is 9.01. The molecule has 0 bridgehead atoms. The highest BCUT2D eigenvalue weighted by molar-refractivity contribution is 7.10. The Hall–Kier alpha value is -3.00. The van der Waals surface area contributed by atoms with Crippen LogP contribution < -0.4 is 4.90 Å². The van der Waals surface area contributed by atoms with E-state index in [4.69, 9.17) is 4.99 Å². The largest absolute Gasteiger partial charge is 0.368 e. The summed E-state index contributed by atoms with van der Waals surface area (Å²) in [6, 6.07) is 10.3. The molecule has 2 aliphatic heterocycles. The quantitative estimate of drug-likeness (QED) is 0.621. The van der Waals surface area contributed by atoms with Crippen LogP contribution in [0.5, 0.6) is 0 Å². The number of nitrogens with zero attached hydrogens (tertiary/aromatic N) is 5. The molecule has 1 amide bonds. The van der Waals surface area contributed by atoms with Gasteiger partial charge in [0.15, 0.2) is 5.82 Å². The molecular formula is C23H24FN5OS. The van der Waals surface area contributed by atoms with Crippen molar-refractivity contribution in [1.29, 1.82) is 0 Å². The SMILES string of the molecule is CC1=Nc2ccnn2C(c2sccc2C)C1C(=O)N1CCN(c2ccc(F)cc2)CC1. The average Bonchev–Trinajstić information content (AvgIpc) is 3.41. The molecule has 2 aliphatic rings. The molecule has 2 unspecified atom stereocenters. The van der Waals surface area contributed by atoms with Crippen molar-refractivity contribution in [3.63, 3.8) is 0 Å². The van der Waals surface area contributed by atoms with Crippen LogP contribution in [-0.4, -0.2) is 52.5 Å². The van der Waals surface area contributed by atoms with Crippen LogP contribution in [0.2, 0.25) is 0 Å². The minimum Gasteiger partial charge on any atom is -0.368 e. The summed E-state index contributed by atoms with van der Waals surface area (Å²) in [6.45, 7) is 6.72. The number of anilines is 1. The predicted octanol–water partition coefficient (Wildman–Crippen LogP) is 4.05. The number of aliphatic imine (C=N–C) groups is 1. The number of aromatic nitrogens is 2. The van der Waals surface area contributed by atoms with E-state index in [1.165, 1.54) is 17.7 Å². The molecule has 5 rings (SSSR count). The van der Waals surface area contributed by atoms with E-state index < -0.39 is 0 Å². The van der Waals surface area contributed by atoms with Crippen molar-refractivity contribution in [1.82, 2.24) is 14.7 Å². The van der Waals surface area contributed by atoms with Crippen molar-refractivity contribution in [2.45, 2.75) is 19.9 Å². The summed E-state index contributed by atoms with van der Waals surface area (Å²) in [4.78, 5) is 23.7. The highest BCUT2D eigenvalue weighted by Gasteiger charge is 2.41. The molecule has 31 heavy (non-hydrogen) atoms. The number of rotatable bonds is 3. The Kier molecular flexibility index (Phi) is 5.09. The van der Waals surface area contributed by atoms with E-state index in [9.17, 15) is 9.18 Å². The van der Waals surface area contributed by atoms with Crippen molar-refractivity contribution in [3.05, 3.63) is 64.2 Å². The first kappa shape index (κ1) is 19.9. The Balaban J connectivity index is 1.39. The summed E-state index contributed by atoms with van der Waals surface area (Å²) in [7, 11) is 0. The summed E-state index contributed by atoms with van der Waals surface area (Å²) in [5.41, 5.74) is 2.99. The maximum absolute atomic E-state index is 13.7. The van der Waals surface area contributed by atoms with Crippen LogP contribution >= 0.6 is 11.3 Å². The molecule has 3 aromatic rings. The first-order valence-electron chi connectivity index (χ1n) is 10.4. The monoisotopic (exact) mass is 437 g/mol. The fourth-order valence-corrected chi connectivity index (χ4v) is 5.58. The lowest BCUT2D eigenvalue weighted by Gasteiger charge is -2.39. The molecule has 4 heterocycles. The standard InChI is InChI=1S/C23H24FN5OS/c1-15-8-14-31-22(15)21-20(16(2)26-19-7-9-25-29(19)21)23(30)28-12-10-27(11-13-28)18-5-3-17(24)4-6-18/h3-9,14,20-21H,10-13H2,1-2H3. The van der Waals surface area contributed by atoms with Crippen molar-refractivity contribution < 1.29 is 9.18 Å². The Labute approximate surface area is 184 Å². The van der Waals surface area contributed by atoms with Gasteiger partial charge in [0.1, 0.15) is 17.8 Å². The third-order valence-corrected chi connectivity index (χ3v) is 7.28. The van der Waals surface area contributed by atoms with Crippen molar-refractivity contribution in [3.8, 4) is 0 Å². The van der Waals surface area contributed by atoms with E-state index in [1.54, 1.807) is 29.7 Å². The number of carbonyl (C=O) groups is 1. The number of hydrogen-bond donors (Lipinski definition) is 0. The van der Waals surface area contributed by atoms with Crippen LogP contribution in [0.4, 0.5) is 15.9 Å². The van der Waals surface area contributed by atoms with Gasteiger partial charge in [0.25, 0.3) is 0 Å². The van der Waals surface area contributed by atoms with E-state index in [-0.39, 0.29) is 23.7 Å². The molecular weight excluding hydrogens is 413 g/mol. The smallest absolute Gasteiger partial charge is 0.234 e. The number of thiophene rings is 1. The summed E-state index contributed by atoms with van der Waals surface area (Å²) >= 11 is 1.67. The van der Waals surface area contributed by atoms with Crippen molar-refractivity contribution in [2.75, 3.05) is 31.1 Å². The second kappa shape index (κ2) is 7.92. The number of piperazine rings is 1. The van der Waals surface area contributed by atoms with E-state index >= 15 is 0 Å². The third-order valence-electron chi connectivity index (χ3n) is 6.19. The van der Waals surface area contributed by atoms with Gasteiger partial charge in [-0.2, -0.15) is 5.10 Å². The Morgan fingerprint density at radius 3 is 2.48 bits per heavy atom. The molecule has 6 nitrogen and oxygen atoms in total. The van der Waals surface area contributed by atoms with Crippen molar-refractivity contribution in [2.24, 2.45) is 10.9 Å². The molecule has 0 saturated carbocycles. The van der Waals surface area contributed by atoms with Gasteiger partial charge in [0.2, 0.25) is 5.91 Å². The van der Waals surface area contributed by atoms with Crippen LogP contribution in [0, 0.1) is 18.7 Å². The summed E-state index contributed by atoms with van der Waals surface area (Å²) in [5, 5.41) is 6.58. The first-order valence-corrected chi connectivity index (χ1v) is 11.3. The van der Waals surface area contributed by atoms with Gasteiger partial charge in [-0.15, -0.1) is 11.3 Å². The average molecular weight is 438 g/mol. The predicted molar refractivity (Wildman–Crippen MR) is 121 cm³/mol. The van der Waals surface area contributed by atoms with Gasteiger partial charge in [-0.3, -0.25) is 4.79 Å². The molecule has 1 saturated heterocycles. The van der Waals surface area contributed by atoms with Crippen LogP contribution in [0.3, 0.4) is 0 Å². The lowest BCUT2D eigenvalue weighted by molar-refractivity contribution is -0.134. The third kappa shape index (κ3) is 3.54. The van der Waals surface area contributed by atoms with Gasteiger partial charge in [0.05, 0.1) is 6.20 Å². The van der Waals surface area contributed by atoms with E-state index in [1.807, 2.05) is 22.6 Å². The van der Waals surface area contributed by atoms with E-state index in [0.29, 0.717) is 13.1 Å². The zero-order valence-corrected chi connectivity index (χ0v) is 18.3. The number of benzene rings is 1. The minimum absolute atomic E-state index is 0.0963. The molecule has 0 N–H and O–H groups in total. The summed E-state index contributed by atoms with van der Waals surface area (Å²) in [5.74, 6) is 0.277. The minimum atomic E-state index is -0.373. The second-order valence-electron chi connectivity index (χ2n) is 8.07. The Bertz CT molecular complexity index is 1130. The van der Waals surface area contributed by atoms with E-state index in [0.717, 1.165) is 35.2 Å². The van der Waals surface area contributed by atoms with Gasteiger partial charge < -0.3 is 9.80 Å². The zero-order chi connectivity index (χ0) is 21.5. The van der Waals surface area contributed by atoms with Gasteiger partial charge in [-0.1, -0.05) is 0 Å². The van der Waals surface area contributed by atoms with Crippen LogP contribution in [0.1, 0.15) is 23.4 Å². The highest BCUT2D eigenvalue weighted by Crippen LogP contribution is 2.40. The maximum atomic E-state index is 13.7. The number of amides is 1. The number of halogens is 1. The van der Waals surface area contributed by atoms with Crippen LogP contribution in [0.25, 0.3) is 0 Å². The number of aryl methyl sites for hydroxylation is 1. The zero-order valence-electron chi connectivity index (χ0n) is 17.5. The first-order chi connectivity index (χ1) is 15.0. The van der Waals surface area contributed by atoms with Gasteiger partial charge >= 0.3 is 0 Å². The Morgan fingerprint density at radius 1 is 1.06 bits per heavy atom. The summed E-state index contributed by atoms with van der Waals surface area (Å²) in [6.07, 6.45) is 1.75. The fourth-order valence-electron chi connectivity index (χ4n) is 4.53. The number of carbonyl (C=O) groups excluding carboxylic acids is 1. The number of fused-ring (bicyclic) bond motifs is 1. The van der Waals surface area contributed by atoms with Crippen LogP contribution in [-0.2, 0) is 4.79 Å². The Morgan fingerprint density at radius 2 is 1.81 bits per heavy atom. The fraction of sp³-hybridized carbons (Fsp3) is 0.348. The molecule has 160 valence electrons. The maximum Gasteiger partial charge on any atom is 0.234 e. The number of hydrogen-bond acceptors (Lipinski definition) is 5. The molecule has 1 fully saturated rings. The molecule has 2 aromatic heterocycles. The molecule has 0 spiro atoms.